The van der Waals surface area contributed by atoms with Crippen molar-refractivity contribution < 1.29 is 5.11 Å². The number of phenols is 1. The van der Waals surface area contributed by atoms with Crippen LogP contribution in [0.15, 0.2) is 121 Å². The van der Waals surface area contributed by atoms with Crippen LogP contribution < -0.4 is 21.2 Å². The highest BCUT2D eigenvalue weighted by molar-refractivity contribution is 7.80. The van der Waals surface area contributed by atoms with Crippen LogP contribution in [-0.4, -0.2) is 19.2 Å². The minimum atomic E-state index is -0.769. The fraction of sp³-hybridized carbons (Fsp3) is 0.0667. The number of benzene rings is 5. The Bertz CT molecular complexity index is 1280. The van der Waals surface area contributed by atoms with Crippen molar-refractivity contribution in [3.63, 3.8) is 0 Å². The van der Waals surface area contributed by atoms with Gasteiger partial charge in [0, 0.05) is 5.56 Å². The summed E-state index contributed by atoms with van der Waals surface area (Å²) in [5, 5.41) is 19.7. The first-order valence-electron chi connectivity index (χ1n) is 11.0. The van der Waals surface area contributed by atoms with Gasteiger partial charge in [0.1, 0.15) is 5.75 Å². The number of aromatic hydroxyl groups is 1. The Kier molecular flexibility index (Phi) is 7.52. The second-order valence-electron chi connectivity index (χ2n) is 7.70. The Balaban J connectivity index is 0.000000821. The summed E-state index contributed by atoms with van der Waals surface area (Å²) in [5.74, 6) is 0.317. The van der Waals surface area contributed by atoms with Crippen LogP contribution in [0, 0.1) is 0 Å². The minimum absolute atomic E-state index is 0.317. The van der Waals surface area contributed by atoms with Crippen LogP contribution in [0.25, 0.3) is 21.9 Å². The first-order valence-corrected chi connectivity index (χ1v) is 12.4. The second kappa shape index (κ2) is 10.9. The summed E-state index contributed by atoms with van der Waals surface area (Å²) in [4.78, 5) is 0. The minimum Gasteiger partial charge on any atom is -0.507 e. The highest BCUT2D eigenvalue weighted by atomic mass is 31.1. The molecule has 0 radical (unpaired) electrons. The summed E-state index contributed by atoms with van der Waals surface area (Å²) in [5.41, 5.74) is 1.99. The van der Waals surface area contributed by atoms with Crippen molar-refractivity contribution >= 4 is 34.6 Å². The van der Waals surface area contributed by atoms with Gasteiger partial charge in [-0.25, -0.2) is 0 Å². The highest BCUT2D eigenvalue weighted by Crippen LogP contribution is 2.41. The molecule has 2 N–H and O–H groups in total. The zero-order chi connectivity index (χ0) is 23.0. The summed E-state index contributed by atoms with van der Waals surface area (Å²) in [6.07, 6.45) is 0. The molecule has 0 saturated heterocycles. The van der Waals surface area contributed by atoms with Gasteiger partial charge in [-0.1, -0.05) is 115 Å². The van der Waals surface area contributed by atoms with Gasteiger partial charge in [0.15, 0.2) is 0 Å². The molecule has 0 heterocycles. The van der Waals surface area contributed by atoms with Crippen LogP contribution in [0.3, 0.4) is 0 Å². The third kappa shape index (κ3) is 4.98. The third-order valence-electron chi connectivity index (χ3n) is 5.35. The SMILES string of the molecule is CNC.Oc1ccc2ccccc2c1-c1ccccc1P(c1ccccc1)c1ccccc1. The number of rotatable bonds is 4. The van der Waals surface area contributed by atoms with Crippen molar-refractivity contribution in [2.45, 2.75) is 0 Å². The van der Waals surface area contributed by atoms with Crippen LogP contribution >= 0.6 is 7.92 Å². The van der Waals surface area contributed by atoms with Gasteiger partial charge in [-0.05, 0) is 60.3 Å². The molecule has 5 aromatic rings. The van der Waals surface area contributed by atoms with Gasteiger partial charge >= 0.3 is 0 Å². The smallest absolute Gasteiger partial charge is 0.124 e. The predicted molar refractivity (Wildman–Crippen MR) is 145 cm³/mol. The van der Waals surface area contributed by atoms with Crippen molar-refractivity contribution in [1.82, 2.24) is 5.32 Å². The molecule has 5 rings (SSSR count). The van der Waals surface area contributed by atoms with E-state index in [4.69, 9.17) is 0 Å². The quantitative estimate of drug-likeness (QED) is 0.340. The van der Waals surface area contributed by atoms with E-state index in [9.17, 15) is 5.11 Å². The first-order chi connectivity index (χ1) is 16.2. The topological polar surface area (TPSA) is 32.3 Å². The van der Waals surface area contributed by atoms with Crippen molar-refractivity contribution in [3.05, 3.63) is 121 Å². The van der Waals surface area contributed by atoms with Gasteiger partial charge in [-0.2, -0.15) is 0 Å². The molecule has 0 bridgehead atoms. The fourth-order valence-electron chi connectivity index (χ4n) is 4.00. The molecule has 0 fully saturated rings. The zero-order valence-corrected chi connectivity index (χ0v) is 19.8. The summed E-state index contributed by atoms with van der Waals surface area (Å²) < 4.78 is 0. The average molecular weight is 450 g/mol. The zero-order valence-electron chi connectivity index (χ0n) is 18.9. The monoisotopic (exact) mass is 449 g/mol. The fourth-order valence-corrected chi connectivity index (χ4v) is 6.46. The van der Waals surface area contributed by atoms with Gasteiger partial charge in [0.2, 0.25) is 0 Å². The molecule has 0 aliphatic rings. The largest absolute Gasteiger partial charge is 0.507 e. The lowest BCUT2D eigenvalue weighted by Gasteiger charge is -2.23. The van der Waals surface area contributed by atoms with E-state index in [0.717, 1.165) is 21.9 Å². The summed E-state index contributed by atoms with van der Waals surface area (Å²) in [6.45, 7) is 0. The molecule has 0 atom stereocenters. The van der Waals surface area contributed by atoms with E-state index in [-0.39, 0.29) is 0 Å². The molecule has 0 aliphatic carbocycles. The molecule has 0 spiro atoms. The lowest BCUT2D eigenvalue weighted by Crippen LogP contribution is -2.22. The lowest BCUT2D eigenvalue weighted by molar-refractivity contribution is 0.478. The lowest BCUT2D eigenvalue weighted by atomic mass is 9.97. The molecule has 5 aromatic carbocycles. The van der Waals surface area contributed by atoms with E-state index in [1.807, 2.05) is 38.4 Å². The molecule has 3 heteroatoms. The van der Waals surface area contributed by atoms with Crippen LogP contribution in [0.2, 0.25) is 0 Å². The third-order valence-corrected chi connectivity index (χ3v) is 7.85. The van der Waals surface area contributed by atoms with Crippen molar-refractivity contribution in [3.8, 4) is 16.9 Å². The Morgan fingerprint density at radius 3 is 1.73 bits per heavy atom. The molecule has 0 saturated carbocycles. The van der Waals surface area contributed by atoms with Crippen molar-refractivity contribution in [1.29, 1.82) is 0 Å². The molecular formula is C30H28NOP. The second-order valence-corrected chi connectivity index (χ2v) is 9.89. The molecule has 33 heavy (non-hydrogen) atoms. The number of hydrogen-bond donors (Lipinski definition) is 2. The number of phenolic OH excluding ortho intramolecular Hbond substituents is 1. The summed E-state index contributed by atoms with van der Waals surface area (Å²) >= 11 is 0. The van der Waals surface area contributed by atoms with Crippen LogP contribution in [0.5, 0.6) is 5.75 Å². The van der Waals surface area contributed by atoms with E-state index in [1.54, 1.807) is 0 Å². The summed E-state index contributed by atoms with van der Waals surface area (Å²) in [6, 6.07) is 41.9. The van der Waals surface area contributed by atoms with Gasteiger partial charge in [0.25, 0.3) is 0 Å². The van der Waals surface area contributed by atoms with E-state index < -0.39 is 7.92 Å². The van der Waals surface area contributed by atoms with Crippen molar-refractivity contribution in [2.24, 2.45) is 0 Å². The average Bonchev–Trinajstić information content (AvgIpc) is 2.87. The summed E-state index contributed by atoms with van der Waals surface area (Å²) in [7, 11) is 2.98. The number of nitrogens with one attached hydrogen (secondary N) is 1. The van der Waals surface area contributed by atoms with Crippen LogP contribution in [0.4, 0.5) is 0 Å². The molecule has 2 nitrogen and oxygen atoms in total. The Labute approximate surface area is 197 Å². The Morgan fingerprint density at radius 1 is 0.576 bits per heavy atom. The van der Waals surface area contributed by atoms with Gasteiger partial charge in [0.05, 0.1) is 0 Å². The Morgan fingerprint density at radius 2 is 1.09 bits per heavy atom. The Hall–Kier alpha value is -3.45. The highest BCUT2D eigenvalue weighted by Gasteiger charge is 2.22. The van der Waals surface area contributed by atoms with E-state index >= 15 is 0 Å². The van der Waals surface area contributed by atoms with E-state index in [1.165, 1.54) is 15.9 Å². The van der Waals surface area contributed by atoms with Gasteiger partial charge in [-0.15, -0.1) is 0 Å². The molecule has 0 amide bonds. The van der Waals surface area contributed by atoms with Crippen LogP contribution in [-0.2, 0) is 0 Å². The normalized spacial score (nSPS) is 10.6. The standard InChI is InChI=1S/C28H21OP.C2H7N/c29-26-20-19-21-11-7-8-16-24(21)28(26)25-17-9-10-18-27(25)30(22-12-3-1-4-13-22)23-14-5-2-6-15-23;1-3-2/h1-20,29H;3H,1-2H3. The van der Waals surface area contributed by atoms with E-state index in [0.29, 0.717) is 5.75 Å². The van der Waals surface area contributed by atoms with Crippen molar-refractivity contribution in [2.75, 3.05) is 14.1 Å². The first kappa shape index (κ1) is 22.7. The molecule has 0 aromatic heterocycles. The van der Waals surface area contributed by atoms with Gasteiger partial charge < -0.3 is 10.4 Å². The molecule has 0 unspecified atom stereocenters. The molecule has 164 valence electrons. The molecule has 0 aliphatic heterocycles. The number of hydrogen-bond acceptors (Lipinski definition) is 2. The van der Waals surface area contributed by atoms with Gasteiger partial charge in [-0.3, -0.25) is 0 Å². The molecular weight excluding hydrogens is 421 g/mol. The maximum absolute atomic E-state index is 10.9. The maximum atomic E-state index is 10.9. The number of fused-ring (bicyclic) bond motifs is 1. The maximum Gasteiger partial charge on any atom is 0.124 e. The van der Waals surface area contributed by atoms with E-state index in [2.05, 4.69) is 102 Å². The predicted octanol–water partition coefficient (Wildman–Crippen LogP) is 5.81. The van der Waals surface area contributed by atoms with Crippen LogP contribution in [0.1, 0.15) is 0 Å².